The number of benzene rings is 1. The van der Waals surface area contributed by atoms with Gasteiger partial charge in [-0.2, -0.15) is 0 Å². The summed E-state index contributed by atoms with van der Waals surface area (Å²) >= 11 is 0. The van der Waals surface area contributed by atoms with Gasteiger partial charge in [-0.15, -0.1) is 0 Å². The number of hydrogen-bond acceptors (Lipinski definition) is 3. The Labute approximate surface area is 86.1 Å². The van der Waals surface area contributed by atoms with Crippen molar-refractivity contribution in [1.82, 2.24) is 4.98 Å². The number of carbonyl (C=O) groups excluding carboxylic acids is 1. The van der Waals surface area contributed by atoms with Crippen molar-refractivity contribution in [1.29, 1.82) is 0 Å². The number of nitrogens with zero attached hydrogens (tertiary/aromatic N) is 1. The van der Waals surface area contributed by atoms with Gasteiger partial charge in [-0.25, -0.2) is 9.90 Å². The van der Waals surface area contributed by atoms with Gasteiger partial charge in [-0.3, -0.25) is 4.98 Å². The van der Waals surface area contributed by atoms with Crippen LogP contribution in [0.4, 0.5) is 0 Å². The molecule has 0 N–H and O–H groups in total. The molecule has 1 radical (unpaired) electrons. The zero-order valence-corrected chi connectivity index (χ0v) is 7.84. The number of hydrogen-bond donors (Lipinski definition) is 0. The Morgan fingerprint density at radius 1 is 1.27 bits per heavy atom. The molecule has 0 atom stereocenters. The van der Waals surface area contributed by atoms with E-state index in [0.29, 0.717) is 5.75 Å². The van der Waals surface area contributed by atoms with Crippen LogP contribution in [0.5, 0.6) is 5.75 Å². The van der Waals surface area contributed by atoms with Crippen LogP contribution in [0.2, 0.25) is 0 Å². The standard InChI is InChI=1S/C11H8NO3/c13-7-11(14)15-10-5-6-12-9-4-2-1-3-8(9)10/h1-6H,7H2. The van der Waals surface area contributed by atoms with Crippen molar-refractivity contribution < 1.29 is 14.6 Å². The normalized spacial score (nSPS) is 10.2. The van der Waals surface area contributed by atoms with Gasteiger partial charge < -0.3 is 4.74 Å². The second-order valence-corrected chi connectivity index (χ2v) is 2.94. The quantitative estimate of drug-likeness (QED) is 0.694. The fourth-order valence-electron chi connectivity index (χ4n) is 1.31. The molecule has 0 amide bonds. The van der Waals surface area contributed by atoms with Gasteiger partial charge in [0.1, 0.15) is 5.75 Å². The van der Waals surface area contributed by atoms with Crippen molar-refractivity contribution in [3.63, 3.8) is 0 Å². The molecule has 2 aromatic rings. The van der Waals surface area contributed by atoms with E-state index < -0.39 is 12.6 Å². The first kappa shape index (κ1) is 9.61. The fraction of sp³-hybridized carbons (Fsp3) is 0.0909. The maximum absolute atomic E-state index is 10.9. The number of aromatic nitrogens is 1. The van der Waals surface area contributed by atoms with Gasteiger partial charge in [0.2, 0.25) is 0 Å². The summed E-state index contributed by atoms with van der Waals surface area (Å²) in [6.45, 7) is -0.878. The first-order valence-electron chi connectivity index (χ1n) is 4.44. The van der Waals surface area contributed by atoms with E-state index in [9.17, 15) is 9.90 Å². The summed E-state index contributed by atoms with van der Waals surface area (Å²) in [7, 11) is 0. The first-order valence-corrected chi connectivity index (χ1v) is 4.44. The number of carbonyl (C=O) groups is 1. The minimum Gasteiger partial charge on any atom is -0.424 e. The lowest BCUT2D eigenvalue weighted by molar-refractivity contribution is -0.139. The molecule has 1 heterocycles. The number of pyridine rings is 1. The predicted octanol–water partition coefficient (Wildman–Crippen LogP) is 1.57. The molecule has 0 fully saturated rings. The predicted molar refractivity (Wildman–Crippen MR) is 52.9 cm³/mol. The third-order valence-corrected chi connectivity index (χ3v) is 1.95. The Kier molecular flexibility index (Phi) is 2.60. The van der Waals surface area contributed by atoms with E-state index >= 15 is 0 Å². The van der Waals surface area contributed by atoms with Crippen molar-refractivity contribution in [2.24, 2.45) is 0 Å². The largest absolute Gasteiger partial charge is 0.424 e. The van der Waals surface area contributed by atoms with E-state index in [1.807, 2.05) is 18.2 Å². The smallest absolute Gasteiger partial charge is 0.340 e. The lowest BCUT2D eigenvalue weighted by atomic mass is 10.2. The van der Waals surface area contributed by atoms with Gasteiger partial charge >= 0.3 is 5.97 Å². The monoisotopic (exact) mass is 202 g/mol. The minimum absolute atomic E-state index is 0.376. The van der Waals surface area contributed by atoms with Crippen LogP contribution in [-0.2, 0) is 9.90 Å². The molecule has 75 valence electrons. The van der Waals surface area contributed by atoms with Crippen LogP contribution >= 0.6 is 0 Å². The number of esters is 1. The highest BCUT2D eigenvalue weighted by atomic mass is 16.5. The lowest BCUT2D eigenvalue weighted by Crippen LogP contribution is -2.11. The molecule has 4 heteroatoms. The number of para-hydroxylation sites is 1. The van der Waals surface area contributed by atoms with Crippen LogP contribution in [0.3, 0.4) is 0 Å². The first-order chi connectivity index (χ1) is 7.31. The minimum atomic E-state index is -0.878. The van der Waals surface area contributed by atoms with Gasteiger partial charge in [-0.1, -0.05) is 12.1 Å². The highest BCUT2D eigenvalue weighted by molar-refractivity contribution is 5.87. The molecule has 0 saturated carbocycles. The van der Waals surface area contributed by atoms with Crippen LogP contribution in [0.15, 0.2) is 36.5 Å². The topological polar surface area (TPSA) is 59.1 Å². The highest BCUT2D eigenvalue weighted by Crippen LogP contribution is 2.23. The molecular formula is C11H8NO3. The molecule has 0 aliphatic rings. The third kappa shape index (κ3) is 1.94. The molecule has 0 bridgehead atoms. The van der Waals surface area contributed by atoms with E-state index in [4.69, 9.17) is 4.74 Å². The average molecular weight is 202 g/mol. The third-order valence-electron chi connectivity index (χ3n) is 1.95. The van der Waals surface area contributed by atoms with Crippen molar-refractivity contribution in [2.45, 2.75) is 0 Å². The average Bonchev–Trinajstić information content (AvgIpc) is 2.29. The van der Waals surface area contributed by atoms with Gasteiger partial charge in [-0.05, 0) is 18.2 Å². The molecule has 0 aliphatic heterocycles. The van der Waals surface area contributed by atoms with Crippen LogP contribution in [0.25, 0.3) is 10.9 Å². The van der Waals surface area contributed by atoms with Gasteiger partial charge in [0.05, 0.1) is 5.52 Å². The maximum atomic E-state index is 10.9. The summed E-state index contributed by atoms with van der Waals surface area (Å²) < 4.78 is 4.89. The Bertz CT molecular complexity index is 491. The Morgan fingerprint density at radius 2 is 2.07 bits per heavy atom. The van der Waals surface area contributed by atoms with Crippen molar-refractivity contribution in [2.75, 3.05) is 6.61 Å². The summed E-state index contributed by atoms with van der Waals surface area (Å²) in [6.07, 6.45) is 1.54. The zero-order valence-electron chi connectivity index (χ0n) is 7.84. The molecule has 0 aliphatic carbocycles. The SMILES string of the molecule is [O]CC(=O)Oc1ccnc2ccccc12. The molecular weight excluding hydrogens is 194 g/mol. The van der Waals surface area contributed by atoms with Crippen LogP contribution in [0, 0.1) is 0 Å². The highest BCUT2D eigenvalue weighted by Gasteiger charge is 2.07. The fourth-order valence-corrected chi connectivity index (χ4v) is 1.31. The number of fused-ring (bicyclic) bond motifs is 1. The maximum Gasteiger partial charge on any atom is 0.340 e. The van der Waals surface area contributed by atoms with Gasteiger partial charge in [0.15, 0.2) is 6.61 Å². The summed E-state index contributed by atoms with van der Waals surface area (Å²) in [5.74, 6) is -0.409. The van der Waals surface area contributed by atoms with Crippen molar-refractivity contribution in [3.05, 3.63) is 36.5 Å². The Balaban J connectivity index is 2.46. The summed E-state index contributed by atoms with van der Waals surface area (Å²) in [6, 6.07) is 8.82. The van der Waals surface area contributed by atoms with Gasteiger partial charge in [0.25, 0.3) is 0 Å². The van der Waals surface area contributed by atoms with E-state index in [-0.39, 0.29) is 0 Å². The molecule has 0 unspecified atom stereocenters. The molecule has 1 aromatic carbocycles. The summed E-state index contributed by atoms with van der Waals surface area (Å²) in [4.78, 5) is 15.0. The second kappa shape index (κ2) is 4.06. The summed E-state index contributed by atoms with van der Waals surface area (Å²) in [5.41, 5.74) is 0.730. The Morgan fingerprint density at radius 3 is 2.87 bits per heavy atom. The molecule has 1 aromatic heterocycles. The van der Waals surface area contributed by atoms with Crippen molar-refractivity contribution in [3.8, 4) is 5.75 Å². The number of ether oxygens (including phenoxy) is 1. The molecule has 0 saturated heterocycles. The van der Waals surface area contributed by atoms with E-state index in [0.717, 1.165) is 10.9 Å². The van der Waals surface area contributed by atoms with Crippen LogP contribution < -0.4 is 4.74 Å². The van der Waals surface area contributed by atoms with E-state index in [1.165, 1.54) is 6.20 Å². The van der Waals surface area contributed by atoms with E-state index in [2.05, 4.69) is 4.98 Å². The molecule has 2 rings (SSSR count). The van der Waals surface area contributed by atoms with Gasteiger partial charge in [0, 0.05) is 11.6 Å². The molecule has 15 heavy (non-hydrogen) atoms. The molecule has 0 spiro atoms. The van der Waals surface area contributed by atoms with E-state index in [1.54, 1.807) is 12.1 Å². The van der Waals surface area contributed by atoms with Crippen LogP contribution in [-0.4, -0.2) is 17.6 Å². The number of rotatable bonds is 2. The second-order valence-electron chi connectivity index (χ2n) is 2.94. The lowest BCUT2D eigenvalue weighted by Gasteiger charge is -2.04. The Hall–Kier alpha value is -1.94. The zero-order chi connectivity index (χ0) is 10.7. The van der Waals surface area contributed by atoms with Crippen molar-refractivity contribution >= 4 is 16.9 Å². The molecule has 4 nitrogen and oxygen atoms in total. The summed E-state index contributed by atoms with van der Waals surface area (Å²) in [5, 5.41) is 11.0. The van der Waals surface area contributed by atoms with Crippen LogP contribution in [0.1, 0.15) is 0 Å².